The number of nitrogens with zero attached hydrogens (tertiary/aromatic N) is 2. The van der Waals surface area contributed by atoms with Crippen LogP contribution in [0, 0.1) is 0 Å². The van der Waals surface area contributed by atoms with Gasteiger partial charge in [0.25, 0.3) is 0 Å². The summed E-state index contributed by atoms with van der Waals surface area (Å²) in [5, 5.41) is 6.20. The molecule has 0 fully saturated rings. The minimum Gasteiger partial charge on any atom is -0.490 e. The number of hydrogen-bond acceptors (Lipinski definition) is 7. The number of methoxy groups -OCH3 is 1. The summed E-state index contributed by atoms with van der Waals surface area (Å²) >= 11 is 0. The van der Waals surface area contributed by atoms with Gasteiger partial charge in [0.1, 0.15) is 6.33 Å². The smallest absolute Gasteiger partial charge is 0.231 e. The van der Waals surface area contributed by atoms with Gasteiger partial charge in [-0.05, 0) is 17.7 Å². The molecule has 0 unspecified atom stereocenters. The fourth-order valence-electron chi connectivity index (χ4n) is 2.11. The summed E-state index contributed by atoms with van der Waals surface area (Å²) in [6.45, 7) is 0.866. The third-order valence-electron chi connectivity index (χ3n) is 3.14. The first kappa shape index (κ1) is 13.3. The Morgan fingerprint density at radius 3 is 2.81 bits per heavy atom. The van der Waals surface area contributed by atoms with E-state index in [0.29, 0.717) is 23.9 Å². The lowest BCUT2D eigenvalue weighted by molar-refractivity contribution is 0.174. The first-order valence-corrected chi connectivity index (χ1v) is 6.51. The van der Waals surface area contributed by atoms with Crippen LogP contribution in [-0.2, 0) is 6.54 Å². The van der Waals surface area contributed by atoms with Crippen molar-refractivity contribution in [1.29, 1.82) is 0 Å². The molecule has 7 heteroatoms. The van der Waals surface area contributed by atoms with Gasteiger partial charge in [0.15, 0.2) is 23.1 Å². The average molecular weight is 288 g/mol. The van der Waals surface area contributed by atoms with E-state index in [4.69, 9.17) is 14.2 Å². The van der Waals surface area contributed by atoms with E-state index < -0.39 is 0 Å². The van der Waals surface area contributed by atoms with Crippen molar-refractivity contribution in [3.63, 3.8) is 0 Å². The molecule has 2 heterocycles. The van der Waals surface area contributed by atoms with E-state index in [-0.39, 0.29) is 6.79 Å². The standard InChI is InChI=1S/C14H16N4O3/c1-15-13-12(19-2)14(18-7-17-13)16-6-9-3-4-10-11(5-9)21-8-20-10/h3-5,7H,6,8H2,1-2H3,(H2,15,16,17,18). The van der Waals surface area contributed by atoms with E-state index in [1.807, 2.05) is 18.2 Å². The van der Waals surface area contributed by atoms with Gasteiger partial charge in [0.05, 0.1) is 7.11 Å². The Balaban J connectivity index is 1.76. The van der Waals surface area contributed by atoms with Crippen LogP contribution in [0.2, 0.25) is 0 Å². The molecule has 2 N–H and O–H groups in total. The van der Waals surface area contributed by atoms with E-state index in [0.717, 1.165) is 17.1 Å². The molecule has 2 aromatic rings. The van der Waals surface area contributed by atoms with Gasteiger partial charge in [-0.1, -0.05) is 6.07 Å². The largest absolute Gasteiger partial charge is 0.490 e. The third kappa shape index (κ3) is 2.62. The second-order valence-corrected chi connectivity index (χ2v) is 4.40. The Labute approximate surface area is 122 Å². The number of hydrogen-bond donors (Lipinski definition) is 2. The maximum atomic E-state index is 5.36. The van der Waals surface area contributed by atoms with Gasteiger partial charge in [0, 0.05) is 13.6 Å². The molecule has 0 saturated heterocycles. The highest BCUT2D eigenvalue weighted by molar-refractivity contribution is 5.63. The first-order valence-electron chi connectivity index (χ1n) is 6.51. The highest BCUT2D eigenvalue weighted by atomic mass is 16.7. The zero-order valence-electron chi connectivity index (χ0n) is 11.8. The molecule has 0 atom stereocenters. The summed E-state index contributed by atoms with van der Waals surface area (Å²) < 4.78 is 16.0. The molecule has 0 bridgehead atoms. The minimum atomic E-state index is 0.275. The summed E-state index contributed by atoms with van der Waals surface area (Å²) in [6, 6.07) is 5.82. The van der Waals surface area contributed by atoms with E-state index in [1.165, 1.54) is 6.33 Å². The summed E-state index contributed by atoms with van der Waals surface area (Å²) in [5.74, 6) is 3.40. The van der Waals surface area contributed by atoms with Crippen molar-refractivity contribution < 1.29 is 14.2 Å². The molecule has 0 radical (unpaired) electrons. The maximum absolute atomic E-state index is 5.36. The average Bonchev–Trinajstić information content (AvgIpc) is 2.99. The molecule has 1 aromatic heterocycles. The molecule has 0 saturated carbocycles. The fraction of sp³-hybridized carbons (Fsp3) is 0.286. The van der Waals surface area contributed by atoms with E-state index in [1.54, 1.807) is 14.2 Å². The van der Waals surface area contributed by atoms with Crippen LogP contribution < -0.4 is 24.8 Å². The van der Waals surface area contributed by atoms with Crippen molar-refractivity contribution in [2.45, 2.75) is 6.54 Å². The molecule has 0 amide bonds. The lowest BCUT2D eigenvalue weighted by atomic mass is 10.2. The Bertz CT molecular complexity index is 648. The third-order valence-corrected chi connectivity index (χ3v) is 3.14. The Hall–Kier alpha value is -2.70. The topological polar surface area (TPSA) is 77.5 Å². The summed E-state index contributed by atoms with van der Waals surface area (Å²) in [7, 11) is 3.37. The normalized spacial score (nSPS) is 12.1. The maximum Gasteiger partial charge on any atom is 0.231 e. The monoisotopic (exact) mass is 288 g/mol. The number of benzene rings is 1. The minimum absolute atomic E-state index is 0.275. The van der Waals surface area contributed by atoms with Crippen LogP contribution in [0.3, 0.4) is 0 Å². The zero-order valence-corrected chi connectivity index (χ0v) is 11.8. The Morgan fingerprint density at radius 1 is 1.19 bits per heavy atom. The van der Waals surface area contributed by atoms with Crippen LogP contribution in [0.25, 0.3) is 0 Å². The zero-order chi connectivity index (χ0) is 14.7. The summed E-state index contributed by atoms with van der Waals surface area (Å²) in [4.78, 5) is 8.31. The lowest BCUT2D eigenvalue weighted by Gasteiger charge is -2.12. The number of ether oxygens (including phenoxy) is 3. The Morgan fingerprint density at radius 2 is 2.00 bits per heavy atom. The number of anilines is 2. The number of fused-ring (bicyclic) bond motifs is 1. The molecule has 1 aliphatic rings. The Kier molecular flexibility index (Phi) is 3.63. The van der Waals surface area contributed by atoms with Crippen LogP contribution in [0.1, 0.15) is 5.56 Å². The van der Waals surface area contributed by atoms with Gasteiger partial charge >= 0.3 is 0 Å². The SMILES string of the molecule is CNc1ncnc(NCc2ccc3c(c2)OCO3)c1OC. The summed E-state index contributed by atoms with van der Waals surface area (Å²) in [6.07, 6.45) is 1.48. The van der Waals surface area contributed by atoms with Crippen LogP contribution >= 0.6 is 0 Å². The number of rotatable bonds is 5. The van der Waals surface area contributed by atoms with Crippen molar-refractivity contribution in [3.05, 3.63) is 30.1 Å². The molecule has 110 valence electrons. The molecule has 0 aliphatic carbocycles. The van der Waals surface area contributed by atoms with Crippen LogP contribution in [0.4, 0.5) is 11.6 Å². The predicted octanol–water partition coefficient (Wildman–Crippen LogP) is 1.87. The summed E-state index contributed by atoms with van der Waals surface area (Å²) in [5.41, 5.74) is 1.06. The van der Waals surface area contributed by atoms with E-state index in [9.17, 15) is 0 Å². The molecular weight excluding hydrogens is 272 g/mol. The van der Waals surface area contributed by atoms with Gasteiger partial charge in [-0.15, -0.1) is 0 Å². The molecule has 3 rings (SSSR count). The van der Waals surface area contributed by atoms with Gasteiger partial charge in [-0.3, -0.25) is 0 Å². The van der Waals surface area contributed by atoms with E-state index in [2.05, 4.69) is 20.6 Å². The number of aromatic nitrogens is 2. The van der Waals surface area contributed by atoms with Gasteiger partial charge < -0.3 is 24.8 Å². The molecule has 21 heavy (non-hydrogen) atoms. The fourth-order valence-corrected chi connectivity index (χ4v) is 2.11. The quantitative estimate of drug-likeness (QED) is 0.869. The number of nitrogens with one attached hydrogen (secondary N) is 2. The second-order valence-electron chi connectivity index (χ2n) is 4.40. The van der Waals surface area contributed by atoms with Crippen molar-refractivity contribution >= 4 is 11.6 Å². The molecular formula is C14H16N4O3. The van der Waals surface area contributed by atoms with Crippen LogP contribution in [0.5, 0.6) is 17.2 Å². The van der Waals surface area contributed by atoms with Crippen LogP contribution in [0.15, 0.2) is 24.5 Å². The van der Waals surface area contributed by atoms with E-state index >= 15 is 0 Å². The lowest BCUT2D eigenvalue weighted by Crippen LogP contribution is -2.06. The van der Waals surface area contributed by atoms with Gasteiger partial charge in [0.2, 0.25) is 12.5 Å². The van der Waals surface area contributed by atoms with Crippen molar-refractivity contribution in [2.75, 3.05) is 31.6 Å². The molecule has 7 nitrogen and oxygen atoms in total. The second kappa shape index (κ2) is 5.74. The van der Waals surface area contributed by atoms with Gasteiger partial charge in [-0.25, -0.2) is 9.97 Å². The molecule has 1 aromatic carbocycles. The van der Waals surface area contributed by atoms with Crippen molar-refractivity contribution in [1.82, 2.24) is 9.97 Å². The van der Waals surface area contributed by atoms with Crippen molar-refractivity contribution in [3.8, 4) is 17.2 Å². The van der Waals surface area contributed by atoms with Crippen LogP contribution in [-0.4, -0.2) is 30.9 Å². The molecule has 0 spiro atoms. The highest BCUT2D eigenvalue weighted by Gasteiger charge is 2.14. The predicted molar refractivity (Wildman–Crippen MR) is 78.0 cm³/mol. The molecule has 1 aliphatic heterocycles. The first-order chi connectivity index (χ1) is 10.3. The van der Waals surface area contributed by atoms with Crippen molar-refractivity contribution in [2.24, 2.45) is 0 Å². The highest BCUT2D eigenvalue weighted by Crippen LogP contribution is 2.33. The van der Waals surface area contributed by atoms with Gasteiger partial charge in [-0.2, -0.15) is 0 Å².